The third-order valence-corrected chi connectivity index (χ3v) is 6.71. The number of nitrogens with one attached hydrogen (secondary N) is 5. The van der Waals surface area contributed by atoms with Gasteiger partial charge in [0.15, 0.2) is 5.96 Å². The Morgan fingerprint density at radius 2 is 1.93 bits per heavy atom. The first kappa shape index (κ1) is 32.3. The standard InChI is InChI=1S/C27H42N6O7/c1-16(2)14-20-19(24(35)33-38)6-5-13-40-18-10-8-17(9-11-18)15-22(32-23(20)34)25(36)31-21(26(37)39-3)7-4-12-30-27(28)29/h8-11,16,19-22,38H,4-7,12-15H2,1-3H3,(H,31,36)(H,32,34)(H,33,35)(H4,28,29,30)/t19-,20+,21-,22-/m0/s1. The summed E-state index contributed by atoms with van der Waals surface area (Å²) in [6.07, 6.45) is 1.83. The van der Waals surface area contributed by atoms with Gasteiger partial charge in [0, 0.05) is 18.9 Å². The SMILES string of the molecule is COC(=O)[C@H](CCCNC(=N)N)NC(=O)[C@@H]1Cc2ccc(cc2)OCCC[C@H](C(=O)NO)[C@@H](CC(C)C)C(=O)N1. The van der Waals surface area contributed by atoms with Crippen molar-refractivity contribution in [1.29, 1.82) is 5.41 Å². The minimum atomic E-state index is -1.07. The maximum absolute atomic E-state index is 13.7. The van der Waals surface area contributed by atoms with Crippen molar-refractivity contribution in [3.8, 4) is 5.75 Å². The number of guanidine groups is 1. The molecule has 2 bridgehead atoms. The molecule has 13 nitrogen and oxygen atoms in total. The van der Waals surface area contributed by atoms with Crippen LogP contribution in [0.15, 0.2) is 24.3 Å². The van der Waals surface area contributed by atoms with Gasteiger partial charge < -0.3 is 31.2 Å². The number of nitrogens with two attached hydrogens (primary N) is 1. The van der Waals surface area contributed by atoms with Crippen LogP contribution in [0.4, 0.5) is 0 Å². The van der Waals surface area contributed by atoms with Crippen LogP contribution in [0.3, 0.4) is 0 Å². The fourth-order valence-corrected chi connectivity index (χ4v) is 4.69. The lowest BCUT2D eigenvalue weighted by atomic mass is 9.81. The maximum atomic E-state index is 13.7. The van der Waals surface area contributed by atoms with Crippen LogP contribution in [0.2, 0.25) is 0 Å². The molecule has 0 aliphatic carbocycles. The third kappa shape index (κ3) is 10.4. The molecule has 2 aliphatic rings. The second kappa shape index (κ2) is 16.3. The Balaban J connectivity index is 2.36. The highest BCUT2D eigenvalue weighted by atomic mass is 16.5. The Morgan fingerprint density at radius 3 is 2.52 bits per heavy atom. The van der Waals surface area contributed by atoms with E-state index >= 15 is 0 Å². The average molecular weight is 563 g/mol. The number of benzene rings is 1. The van der Waals surface area contributed by atoms with Crippen molar-refractivity contribution in [1.82, 2.24) is 21.4 Å². The van der Waals surface area contributed by atoms with Gasteiger partial charge in [-0.15, -0.1) is 0 Å². The van der Waals surface area contributed by atoms with Crippen LogP contribution in [0.25, 0.3) is 0 Å². The Kier molecular flexibility index (Phi) is 13.2. The van der Waals surface area contributed by atoms with Gasteiger partial charge in [-0.3, -0.25) is 25.0 Å². The van der Waals surface area contributed by atoms with E-state index in [0.717, 1.165) is 5.56 Å². The second-order valence-corrected chi connectivity index (χ2v) is 10.3. The topological polar surface area (TPSA) is 205 Å². The van der Waals surface area contributed by atoms with Crippen molar-refractivity contribution in [2.24, 2.45) is 23.5 Å². The van der Waals surface area contributed by atoms with Crippen LogP contribution in [0, 0.1) is 23.2 Å². The van der Waals surface area contributed by atoms with Gasteiger partial charge in [-0.05, 0) is 55.7 Å². The van der Waals surface area contributed by atoms with E-state index in [0.29, 0.717) is 38.2 Å². The molecule has 0 aromatic heterocycles. The largest absolute Gasteiger partial charge is 0.494 e. The van der Waals surface area contributed by atoms with Gasteiger partial charge in [0.1, 0.15) is 17.8 Å². The molecule has 0 fully saturated rings. The summed E-state index contributed by atoms with van der Waals surface area (Å²) in [5.41, 5.74) is 7.72. The zero-order valence-electron chi connectivity index (χ0n) is 23.3. The summed E-state index contributed by atoms with van der Waals surface area (Å²) in [7, 11) is 1.21. The molecule has 0 spiro atoms. The van der Waals surface area contributed by atoms with Gasteiger partial charge in [-0.2, -0.15) is 0 Å². The van der Waals surface area contributed by atoms with Crippen molar-refractivity contribution < 1.29 is 33.9 Å². The lowest BCUT2D eigenvalue weighted by Crippen LogP contribution is -2.54. The highest BCUT2D eigenvalue weighted by Crippen LogP contribution is 2.27. The highest BCUT2D eigenvalue weighted by Gasteiger charge is 2.36. The minimum absolute atomic E-state index is 0.0475. The van der Waals surface area contributed by atoms with Crippen molar-refractivity contribution in [2.75, 3.05) is 20.3 Å². The van der Waals surface area contributed by atoms with Crippen LogP contribution < -0.4 is 31.9 Å². The van der Waals surface area contributed by atoms with Gasteiger partial charge >= 0.3 is 5.97 Å². The molecule has 4 atom stereocenters. The smallest absolute Gasteiger partial charge is 0.328 e. The number of ether oxygens (including phenoxy) is 2. The first-order valence-electron chi connectivity index (χ1n) is 13.5. The van der Waals surface area contributed by atoms with Crippen molar-refractivity contribution in [3.05, 3.63) is 29.8 Å². The number of amides is 3. The predicted molar refractivity (Wildman–Crippen MR) is 146 cm³/mol. The van der Waals surface area contributed by atoms with E-state index in [2.05, 4.69) is 16.0 Å². The molecule has 2 aliphatic heterocycles. The molecule has 3 amide bonds. The van der Waals surface area contributed by atoms with E-state index in [1.54, 1.807) is 29.7 Å². The van der Waals surface area contributed by atoms with Gasteiger partial charge in [0.05, 0.1) is 19.6 Å². The molecule has 0 saturated heterocycles. The quantitative estimate of drug-likeness (QED) is 0.0531. The molecule has 222 valence electrons. The molecule has 1 aromatic carbocycles. The number of hydrogen-bond donors (Lipinski definition) is 7. The third-order valence-electron chi connectivity index (χ3n) is 6.71. The molecule has 3 rings (SSSR count). The molecular formula is C27H42N6O7. The highest BCUT2D eigenvalue weighted by molar-refractivity contribution is 5.93. The fraction of sp³-hybridized carbons (Fsp3) is 0.593. The molecule has 0 unspecified atom stereocenters. The molecule has 2 heterocycles. The van der Waals surface area contributed by atoms with Crippen LogP contribution in [-0.4, -0.2) is 67.2 Å². The van der Waals surface area contributed by atoms with E-state index in [1.807, 2.05) is 13.8 Å². The average Bonchev–Trinajstić information content (AvgIpc) is 2.92. The number of fused-ring (bicyclic) bond motifs is 11. The first-order valence-corrected chi connectivity index (χ1v) is 13.5. The van der Waals surface area contributed by atoms with Gasteiger partial charge in [0.25, 0.3) is 0 Å². The maximum Gasteiger partial charge on any atom is 0.328 e. The van der Waals surface area contributed by atoms with Crippen molar-refractivity contribution in [2.45, 2.75) is 64.5 Å². The van der Waals surface area contributed by atoms with E-state index in [4.69, 9.17) is 20.6 Å². The van der Waals surface area contributed by atoms with Gasteiger partial charge in [-0.1, -0.05) is 26.0 Å². The van der Waals surface area contributed by atoms with Crippen LogP contribution in [0.1, 0.15) is 51.5 Å². The zero-order valence-corrected chi connectivity index (χ0v) is 23.3. The summed E-state index contributed by atoms with van der Waals surface area (Å²) in [4.78, 5) is 52.2. The van der Waals surface area contributed by atoms with Gasteiger partial charge in [-0.25, -0.2) is 10.3 Å². The Morgan fingerprint density at radius 1 is 1.23 bits per heavy atom. The molecule has 40 heavy (non-hydrogen) atoms. The minimum Gasteiger partial charge on any atom is -0.494 e. The number of hydrogen-bond acceptors (Lipinski definition) is 8. The number of methoxy groups -OCH3 is 1. The second-order valence-electron chi connectivity index (χ2n) is 10.3. The number of carbonyl (C=O) groups is 4. The molecule has 0 saturated carbocycles. The van der Waals surface area contributed by atoms with Crippen LogP contribution in [-0.2, 0) is 30.3 Å². The molecule has 8 N–H and O–H groups in total. The number of rotatable bonds is 10. The Labute approximate surface area is 234 Å². The summed E-state index contributed by atoms with van der Waals surface area (Å²) in [6.45, 7) is 4.48. The molecule has 0 radical (unpaired) electrons. The number of carbonyl (C=O) groups excluding carboxylic acids is 4. The molecular weight excluding hydrogens is 520 g/mol. The first-order chi connectivity index (χ1) is 19.0. The van der Waals surface area contributed by atoms with E-state index in [9.17, 15) is 24.4 Å². The lowest BCUT2D eigenvalue weighted by Gasteiger charge is -2.29. The molecule has 13 heteroatoms. The van der Waals surface area contributed by atoms with Crippen molar-refractivity contribution in [3.63, 3.8) is 0 Å². The van der Waals surface area contributed by atoms with Crippen LogP contribution in [0.5, 0.6) is 5.75 Å². The lowest BCUT2D eigenvalue weighted by molar-refractivity contribution is -0.146. The summed E-state index contributed by atoms with van der Waals surface area (Å²) < 4.78 is 10.6. The van der Waals surface area contributed by atoms with E-state index in [1.165, 1.54) is 7.11 Å². The number of esters is 1. The van der Waals surface area contributed by atoms with E-state index < -0.39 is 47.6 Å². The van der Waals surface area contributed by atoms with Gasteiger partial charge in [0.2, 0.25) is 17.7 Å². The Hall–Kier alpha value is -3.87. The fourth-order valence-electron chi connectivity index (χ4n) is 4.69. The predicted octanol–water partition coefficient (Wildman–Crippen LogP) is 0.591. The Bertz CT molecular complexity index is 1020. The summed E-state index contributed by atoms with van der Waals surface area (Å²) >= 11 is 0. The molecule has 1 aromatic rings. The van der Waals surface area contributed by atoms with Crippen LogP contribution >= 0.6 is 0 Å². The summed E-state index contributed by atoms with van der Waals surface area (Å²) in [5.74, 6) is -3.63. The summed E-state index contributed by atoms with van der Waals surface area (Å²) in [6, 6.07) is 5.05. The summed E-state index contributed by atoms with van der Waals surface area (Å²) in [5, 5.41) is 24.8. The number of hydroxylamine groups is 1. The normalized spacial score (nSPS) is 20.3. The monoisotopic (exact) mass is 562 g/mol. The van der Waals surface area contributed by atoms with Crippen molar-refractivity contribution >= 4 is 29.7 Å². The zero-order chi connectivity index (χ0) is 29.7. The van der Waals surface area contributed by atoms with E-state index in [-0.39, 0.29) is 31.1 Å².